The van der Waals surface area contributed by atoms with Crippen molar-refractivity contribution in [2.75, 3.05) is 23.7 Å². The topological polar surface area (TPSA) is 86.8 Å². The molecule has 1 unspecified atom stereocenters. The fourth-order valence-corrected chi connectivity index (χ4v) is 5.21. The van der Waals surface area contributed by atoms with Crippen LogP contribution in [-0.4, -0.2) is 50.5 Å². The molecule has 0 aliphatic rings. The Morgan fingerprint density at radius 1 is 0.846 bits per heavy atom. The Labute approximate surface area is 232 Å². The summed E-state index contributed by atoms with van der Waals surface area (Å²) in [5.41, 5.74) is 4.01. The quantitative estimate of drug-likeness (QED) is 0.361. The highest BCUT2D eigenvalue weighted by Crippen LogP contribution is 2.23. The van der Waals surface area contributed by atoms with Gasteiger partial charge in [-0.3, -0.25) is 13.9 Å². The molecule has 7 nitrogen and oxygen atoms in total. The van der Waals surface area contributed by atoms with Crippen molar-refractivity contribution in [3.63, 3.8) is 0 Å². The van der Waals surface area contributed by atoms with Crippen molar-refractivity contribution in [1.82, 2.24) is 10.2 Å². The van der Waals surface area contributed by atoms with Gasteiger partial charge in [-0.25, -0.2) is 8.42 Å². The van der Waals surface area contributed by atoms with Gasteiger partial charge in [0.15, 0.2) is 0 Å². The van der Waals surface area contributed by atoms with E-state index in [2.05, 4.69) is 5.32 Å². The molecule has 3 aromatic carbocycles. The van der Waals surface area contributed by atoms with Gasteiger partial charge in [0.2, 0.25) is 21.8 Å². The maximum Gasteiger partial charge on any atom is 0.244 e. The first-order valence-electron chi connectivity index (χ1n) is 13.2. The maximum atomic E-state index is 14.1. The number of para-hydroxylation sites is 1. The average Bonchev–Trinajstić information content (AvgIpc) is 2.89. The van der Waals surface area contributed by atoms with Gasteiger partial charge < -0.3 is 10.2 Å². The standard InChI is InChI=1S/C31H39N3O4S/c1-23(2)20-32-31(36)29(19-26-12-7-6-8-13-26)33(21-27-17-15-24(3)16-18-27)30(35)22-34(39(5,37)38)28-14-10-9-11-25(28)4/h6-18,23,29H,19-22H2,1-5H3,(H,32,36). The number of benzene rings is 3. The lowest BCUT2D eigenvalue weighted by Gasteiger charge is -2.34. The van der Waals surface area contributed by atoms with E-state index in [9.17, 15) is 18.0 Å². The van der Waals surface area contributed by atoms with E-state index in [0.29, 0.717) is 18.7 Å². The van der Waals surface area contributed by atoms with Crippen LogP contribution in [0.1, 0.15) is 36.1 Å². The molecule has 0 saturated heterocycles. The fourth-order valence-electron chi connectivity index (χ4n) is 4.30. The lowest BCUT2D eigenvalue weighted by Crippen LogP contribution is -2.53. The van der Waals surface area contributed by atoms with Crippen LogP contribution in [0.25, 0.3) is 0 Å². The predicted octanol–water partition coefficient (Wildman–Crippen LogP) is 4.48. The largest absolute Gasteiger partial charge is 0.354 e. The van der Waals surface area contributed by atoms with Crippen molar-refractivity contribution in [1.29, 1.82) is 0 Å². The molecule has 2 amide bonds. The number of carbonyl (C=O) groups is 2. The van der Waals surface area contributed by atoms with Crippen molar-refractivity contribution in [3.05, 3.63) is 101 Å². The van der Waals surface area contributed by atoms with E-state index >= 15 is 0 Å². The Bertz CT molecular complexity index is 1360. The molecule has 0 aliphatic heterocycles. The number of carbonyl (C=O) groups excluding carboxylic acids is 2. The van der Waals surface area contributed by atoms with Crippen LogP contribution in [0, 0.1) is 19.8 Å². The third-order valence-corrected chi connectivity index (χ3v) is 7.62. The van der Waals surface area contributed by atoms with Gasteiger partial charge in [-0.05, 0) is 42.5 Å². The molecule has 0 fully saturated rings. The highest BCUT2D eigenvalue weighted by Gasteiger charge is 2.33. The summed E-state index contributed by atoms with van der Waals surface area (Å²) in [6, 6.07) is 23.5. The van der Waals surface area contributed by atoms with Crippen LogP contribution in [-0.2, 0) is 32.6 Å². The van der Waals surface area contributed by atoms with Crippen LogP contribution in [0.2, 0.25) is 0 Å². The van der Waals surface area contributed by atoms with Crippen molar-refractivity contribution in [3.8, 4) is 0 Å². The van der Waals surface area contributed by atoms with Gasteiger partial charge in [0.1, 0.15) is 12.6 Å². The van der Waals surface area contributed by atoms with E-state index in [1.807, 2.05) is 81.4 Å². The Kier molecular flexibility index (Phi) is 10.3. The number of hydrogen-bond acceptors (Lipinski definition) is 4. The molecule has 3 rings (SSSR count). The number of nitrogens with zero attached hydrogens (tertiary/aromatic N) is 2. The van der Waals surface area contributed by atoms with Gasteiger partial charge in [-0.1, -0.05) is 92.2 Å². The van der Waals surface area contributed by atoms with Crippen molar-refractivity contribution in [2.24, 2.45) is 5.92 Å². The lowest BCUT2D eigenvalue weighted by atomic mass is 10.0. The molecule has 8 heteroatoms. The van der Waals surface area contributed by atoms with Crippen LogP contribution < -0.4 is 9.62 Å². The Hall–Kier alpha value is -3.65. The third kappa shape index (κ3) is 8.68. The van der Waals surface area contributed by atoms with Crippen LogP contribution in [0.3, 0.4) is 0 Å². The van der Waals surface area contributed by atoms with Gasteiger partial charge in [0, 0.05) is 19.5 Å². The SMILES string of the molecule is Cc1ccc(CN(C(=O)CN(c2ccccc2C)S(C)(=O)=O)C(Cc2ccccc2)C(=O)NCC(C)C)cc1. The molecule has 0 heterocycles. The lowest BCUT2D eigenvalue weighted by molar-refractivity contribution is -0.140. The minimum atomic E-state index is -3.79. The first-order chi connectivity index (χ1) is 18.5. The number of rotatable bonds is 12. The van der Waals surface area contributed by atoms with Crippen LogP contribution in [0.5, 0.6) is 0 Å². The summed E-state index contributed by atoms with van der Waals surface area (Å²) in [6.07, 6.45) is 1.39. The highest BCUT2D eigenvalue weighted by molar-refractivity contribution is 7.92. The summed E-state index contributed by atoms with van der Waals surface area (Å²) in [5.74, 6) is -0.492. The third-order valence-electron chi connectivity index (χ3n) is 6.49. The van der Waals surface area contributed by atoms with E-state index in [-0.39, 0.29) is 18.4 Å². The fraction of sp³-hybridized carbons (Fsp3) is 0.355. The number of anilines is 1. The summed E-state index contributed by atoms with van der Waals surface area (Å²) in [7, 11) is -3.79. The minimum Gasteiger partial charge on any atom is -0.354 e. The molecule has 39 heavy (non-hydrogen) atoms. The normalized spacial score (nSPS) is 12.2. The Morgan fingerprint density at radius 3 is 2.05 bits per heavy atom. The second-order valence-electron chi connectivity index (χ2n) is 10.4. The molecule has 0 bridgehead atoms. The molecule has 0 aromatic heterocycles. The predicted molar refractivity (Wildman–Crippen MR) is 157 cm³/mol. The van der Waals surface area contributed by atoms with Gasteiger partial charge in [-0.2, -0.15) is 0 Å². The zero-order valence-corrected chi connectivity index (χ0v) is 24.2. The van der Waals surface area contributed by atoms with Crippen LogP contribution in [0.15, 0.2) is 78.9 Å². The number of nitrogens with one attached hydrogen (secondary N) is 1. The summed E-state index contributed by atoms with van der Waals surface area (Å²) >= 11 is 0. The molecule has 3 aromatic rings. The smallest absolute Gasteiger partial charge is 0.244 e. The zero-order chi connectivity index (χ0) is 28.6. The van der Waals surface area contributed by atoms with Gasteiger partial charge in [-0.15, -0.1) is 0 Å². The number of amides is 2. The molecule has 1 N–H and O–H groups in total. The molecule has 208 valence electrons. The van der Waals surface area contributed by atoms with E-state index < -0.39 is 28.5 Å². The molecule has 0 radical (unpaired) electrons. The summed E-state index contributed by atoms with van der Waals surface area (Å²) in [6.45, 7) is 8.02. The molecular weight excluding hydrogens is 510 g/mol. The second kappa shape index (κ2) is 13.4. The van der Waals surface area contributed by atoms with Crippen molar-refractivity contribution >= 4 is 27.5 Å². The molecule has 0 spiro atoms. The molecule has 0 aliphatic carbocycles. The summed E-state index contributed by atoms with van der Waals surface area (Å²) in [5, 5.41) is 2.99. The molecular formula is C31H39N3O4S. The van der Waals surface area contributed by atoms with E-state index in [1.165, 1.54) is 4.90 Å². The average molecular weight is 550 g/mol. The first-order valence-corrected chi connectivity index (χ1v) is 15.0. The zero-order valence-electron chi connectivity index (χ0n) is 23.4. The van der Waals surface area contributed by atoms with Crippen molar-refractivity contribution < 1.29 is 18.0 Å². The molecule has 1 atom stereocenters. The number of hydrogen-bond donors (Lipinski definition) is 1. The number of aryl methyl sites for hydroxylation is 2. The summed E-state index contributed by atoms with van der Waals surface area (Å²) in [4.78, 5) is 29.2. The van der Waals surface area contributed by atoms with Gasteiger partial charge in [0.05, 0.1) is 11.9 Å². The van der Waals surface area contributed by atoms with Crippen LogP contribution >= 0.6 is 0 Å². The Morgan fingerprint density at radius 2 is 1.46 bits per heavy atom. The summed E-state index contributed by atoms with van der Waals surface area (Å²) < 4.78 is 26.9. The molecule has 0 saturated carbocycles. The monoisotopic (exact) mass is 549 g/mol. The first kappa shape index (κ1) is 29.9. The second-order valence-corrected chi connectivity index (χ2v) is 12.3. The van der Waals surface area contributed by atoms with E-state index in [0.717, 1.165) is 32.8 Å². The van der Waals surface area contributed by atoms with Gasteiger partial charge in [0.25, 0.3) is 0 Å². The van der Waals surface area contributed by atoms with Crippen molar-refractivity contribution in [2.45, 2.75) is 46.7 Å². The number of sulfonamides is 1. The minimum absolute atomic E-state index is 0.164. The Balaban J connectivity index is 2.05. The van der Waals surface area contributed by atoms with E-state index in [1.54, 1.807) is 25.1 Å². The van der Waals surface area contributed by atoms with Crippen LogP contribution in [0.4, 0.5) is 5.69 Å². The maximum absolute atomic E-state index is 14.1. The van der Waals surface area contributed by atoms with E-state index in [4.69, 9.17) is 0 Å². The highest BCUT2D eigenvalue weighted by atomic mass is 32.2. The van der Waals surface area contributed by atoms with Gasteiger partial charge >= 0.3 is 0 Å².